The number of nitrogens with zero attached hydrogens (tertiary/aromatic N) is 2. The Hall–Kier alpha value is -2.89. The predicted octanol–water partition coefficient (Wildman–Crippen LogP) is 4.52. The van der Waals surface area contributed by atoms with Crippen molar-refractivity contribution in [2.24, 2.45) is 0 Å². The van der Waals surface area contributed by atoms with E-state index in [2.05, 4.69) is 72.2 Å². The lowest BCUT2D eigenvalue weighted by Crippen LogP contribution is -2.10. The van der Waals surface area contributed by atoms with E-state index in [0.29, 0.717) is 0 Å². The van der Waals surface area contributed by atoms with E-state index in [9.17, 15) is 0 Å². The van der Waals surface area contributed by atoms with Crippen molar-refractivity contribution in [3.63, 3.8) is 0 Å². The average molecular weight is 326 g/mol. The van der Waals surface area contributed by atoms with Crippen LogP contribution in [0.5, 0.6) is 0 Å². The summed E-state index contributed by atoms with van der Waals surface area (Å²) in [4.78, 5) is 6.71. The van der Waals surface area contributed by atoms with Gasteiger partial charge in [-0.05, 0) is 63.0 Å². The summed E-state index contributed by atoms with van der Waals surface area (Å²) in [6.07, 6.45) is 0. The Bertz CT molecular complexity index is 895. The summed E-state index contributed by atoms with van der Waals surface area (Å²) in [7, 11) is 4.15. The maximum absolute atomic E-state index is 4.56. The lowest BCUT2D eigenvalue weighted by atomic mass is 10.1. The second-order valence-electron chi connectivity index (χ2n) is 6.43. The maximum Gasteiger partial charge on any atom is 0.0705 e. The van der Waals surface area contributed by atoms with Crippen molar-refractivity contribution < 1.29 is 0 Å². The van der Waals surface area contributed by atoms with Gasteiger partial charge in [0.15, 0.2) is 0 Å². The minimum Gasteiger partial charge on any atom is -0.305 e. The average Bonchev–Trinajstić information content (AvgIpc) is 2.61. The summed E-state index contributed by atoms with van der Waals surface area (Å²) < 4.78 is 0. The highest BCUT2D eigenvalue weighted by Gasteiger charge is 1.99. The van der Waals surface area contributed by atoms with Gasteiger partial charge in [-0.2, -0.15) is 0 Å². The van der Waals surface area contributed by atoms with Crippen LogP contribution >= 0.6 is 0 Å². The van der Waals surface area contributed by atoms with Gasteiger partial charge in [0.1, 0.15) is 0 Å². The molecule has 0 saturated heterocycles. The van der Waals surface area contributed by atoms with Crippen molar-refractivity contribution in [1.29, 1.82) is 0 Å². The zero-order valence-corrected chi connectivity index (χ0v) is 15.0. The summed E-state index contributed by atoms with van der Waals surface area (Å²) in [6.45, 7) is 2.95. The Morgan fingerprint density at radius 3 is 1.96 bits per heavy atom. The molecule has 0 spiro atoms. The van der Waals surface area contributed by atoms with Crippen LogP contribution in [0.15, 0.2) is 66.7 Å². The molecule has 0 N–H and O–H groups in total. The maximum atomic E-state index is 4.56. The van der Waals surface area contributed by atoms with Crippen LogP contribution in [0.25, 0.3) is 11.3 Å². The first-order chi connectivity index (χ1) is 12.1. The first kappa shape index (κ1) is 17.0. The molecule has 2 heteroatoms. The van der Waals surface area contributed by atoms with Crippen molar-refractivity contribution in [2.75, 3.05) is 14.1 Å². The van der Waals surface area contributed by atoms with Crippen LogP contribution in [-0.4, -0.2) is 24.0 Å². The standard InChI is InChI=1S/C23H22N2/c1-18-5-4-6-23(24-18)22-15-13-20(14-16-22)8-7-19-9-11-21(12-10-19)17-25(2)3/h4-6,9-16H,17H2,1-3H3. The highest BCUT2D eigenvalue weighted by Crippen LogP contribution is 2.17. The van der Waals surface area contributed by atoms with Crippen LogP contribution < -0.4 is 0 Å². The molecule has 0 fully saturated rings. The molecule has 0 unspecified atom stereocenters. The van der Waals surface area contributed by atoms with Crippen LogP contribution in [0, 0.1) is 18.8 Å². The number of benzene rings is 2. The Kier molecular flexibility index (Phi) is 5.28. The van der Waals surface area contributed by atoms with Gasteiger partial charge in [-0.15, -0.1) is 0 Å². The lowest BCUT2D eigenvalue weighted by Gasteiger charge is -2.08. The van der Waals surface area contributed by atoms with E-state index in [1.165, 1.54) is 5.56 Å². The second kappa shape index (κ2) is 7.79. The molecule has 0 atom stereocenters. The molecule has 0 saturated carbocycles. The van der Waals surface area contributed by atoms with Crippen LogP contribution in [-0.2, 0) is 6.54 Å². The SMILES string of the molecule is Cc1cccc(-c2ccc(C#Cc3ccc(CN(C)C)cc3)cc2)n1. The third-order valence-corrected chi connectivity index (χ3v) is 3.87. The van der Waals surface area contributed by atoms with Gasteiger partial charge in [-0.3, -0.25) is 4.98 Å². The van der Waals surface area contributed by atoms with E-state index in [4.69, 9.17) is 0 Å². The van der Waals surface area contributed by atoms with Crippen molar-refractivity contribution in [2.45, 2.75) is 13.5 Å². The van der Waals surface area contributed by atoms with Crippen molar-refractivity contribution in [3.8, 4) is 23.1 Å². The smallest absolute Gasteiger partial charge is 0.0705 e. The zero-order chi connectivity index (χ0) is 17.6. The van der Waals surface area contributed by atoms with E-state index in [-0.39, 0.29) is 0 Å². The number of rotatable bonds is 3. The van der Waals surface area contributed by atoms with Crippen LogP contribution in [0.4, 0.5) is 0 Å². The predicted molar refractivity (Wildman–Crippen MR) is 104 cm³/mol. The number of aromatic nitrogens is 1. The molecule has 124 valence electrons. The summed E-state index contributed by atoms with van der Waals surface area (Å²) in [5.41, 5.74) is 6.48. The zero-order valence-electron chi connectivity index (χ0n) is 15.0. The molecule has 2 nitrogen and oxygen atoms in total. The first-order valence-electron chi connectivity index (χ1n) is 8.40. The number of pyridine rings is 1. The Balaban J connectivity index is 1.73. The van der Waals surface area contributed by atoms with Crippen LogP contribution in [0.1, 0.15) is 22.4 Å². The highest BCUT2D eigenvalue weighted by molar-refractivity contribution is 5.60. The second-order valence-corrected chi connectivity index (χ2v) is 6.43. The Morgan fingerprint density at radius 2 is 1.40 bits per heavy atom. The van der Waals surface area contributed by atoms with Crippen LogP contribution in [0.2, 0.25) is 0 Å². The van der Waals surface area contributed by atoms with Gasteiger partial charge in [0.25, 0.3) is 0 Å². The molecule has 3 rings (SSSR count). The van der Waals surface area contributed by atoms with Gasteiger partial charge in [0.2, 0.25) is 0 Å². The van der Waals surface area contributed by atoms with E-state index in [1.54, 1.807) is 0 Å². The Morgan fingerprint density at radius 1 is 0.800 bits per heavy atom. The molecule has 25 heavy (non-hydrogen) atoms. The summed E-state index contributed by atoms with van der Waals surface area (Å²) in [5.74, 6) is 6.46. The molecule has 3 aromatic rings. The van der Waals surface area contributed by atoms with Crippen molar-refractivity contribution in [1.82, 2.24) is 9.88 Å². The van der Waals surface area contributed by atoms with Gasteiger partial charge < -0.3 is 4.90 Å². The normalized spacial score (nSPS) is 10.4. The number of hydrogen-bond acceptors (Lipinski definition) is 2. The summed E-state index contributed by atoms with van der Waals surface area (Å²) in [5, 5.41) is 0. The molecule has 0 aliphatic heterocycles. The van der Waals surface area contributed by atoms with Gasteiger partial charge in [0, 0.05) is 28.9 Å². The third kappa shape index (κ3) is 4.79. The van der Waals surface area contributed by atoms with Gasteiger partial charge in [-0.1, -0.05) is 42.2 Å². The number of hydrogen-bond donors (Lipinski definition) is 0. The summed E-state index contributed by atoms with van der Waals surface area (Å²) >= 11 is 0. The molecular weight excluding hydrogens is 304 g/mol. The third-order valence-electron chi connectivity index (χ3n) is 3.87. The minimum absolute atomic E-state index is 0.947. The minimum atomic E-state index is 0.947. The molecule has 0 bridgehead atoms. The molecule has 1 heterocycles. The number of aryl methyl sites for hydroxylation is 1. The fourth-order valence-electron chi connectivity index (χ4n) is 2.63. The van der Waals surface area contributed by atoms with Crippen LogP contribution in [0.3, 0.4) is 0 Å². The molecule has 0 amide bonds. The van der Waals surface area contributed by atoms with E-state index >= 15 is 0 Å². The summed E-state index contributed by atoms with van der Waals surface area (Å²) in [6, 6.07) is 22.7. The van der Waals surface area contributed by atoms with E-state index in [0.717, 1.165) is 34.6 Å². The van der Waals surface area contributed by atoms with E-state index < -0.39 is 0 Å². The first-order valence-corrected chi connectivity index (χ1v) is 8.40. The van der Waals surface area contributed by atoms with Crippen molar-refractivity contribution >= 4 is 0 Å². The topological polar surface area (TPSA) is 16.1 Å². The van der Waals surface area contributed by atoms with Gasteiger partial charge >= 0.3 is 0 Å². The largest absolute Gasteiger partial charge is 0.305 e. The fourth-order valence-corrected chi connectivity index (χ4v) is 2.63. The Labute approximate surface area is 150 Å². The quantitative estimate of drug-likeness (QED) is 0.658. The molecule has 1 aromatic heterocycles. The molecule has 0 aliphatic carbocycles. The molecule has 2 aromatic carbocycles. The lowest BCUT2D eigenvalue weighted by molar-refractivity contribution is 0.402. The fraction of sp³-hybridized carbons (Fsp3) is 0.174. The van der Waals surface area contributed by atoms with Gasteiger partial charge in [0.05, 0.1) is 5.69 Å². The van der Waals surface area contributed by atoms with Crippen molar-refractivity contribution in [3.05, 3.63) is 89.1 Å². The monoisotopic (exact) mass is 326 g/mol. The van der Waals surface area contributed by atoms with E-state index in [1.807, 2.05) is 37.3 Å². The van der Waals surface area contributed by atoms with Gasteiger partial charge in [-0.25, -0.2) is 0 Å². The molecular formula is C23H22N2. The molecule has 0 aliphatic rings. The molecule has 0 radical (unpaired) electrons. The highest BCUT2D eigenvalue weighted by atomic mass is 15.0.